The monoisotopic (exact) mass is 520 g/mol. The van der Waals surface area contributed by atoms with Crippen LogP contribution in [0.5, 0.6) is 5.75 Å². The molecule has 0 amide bonds. The van der Waals surface area contributed by atoms with E-state index in [4.69, 9.17) is 21.1 Å². The lowest BCUT2D eigenvalue weighted by molar-refractivity contribution is -0.0363. The average Bonchev–Trinajstić information content (AvgIpc) is 3.40. The molecule has 8 nitrogen and oxygen atoms in total. The minimum Gasteiger partial charge on any atom is -0.492 e. The molecule has 36 heavy (non-hydrogen) atoms. The molecule has 4 aromatic rings. The Bertz CT molecular complexity index is 1410. The molecule has 1 atom stereocenters. The maximum atomic E-state index is 15.5. The molecule has 5 rings (SSSR count). The molecule has 1 aromatic carbocycles. The maximum absolute atomic E-state index is 15.5. The number of fused-ring (bicyclic) bond motifs is 1. The number of halogens is 4. The summed E-state index contributed by atoms with van der Waals surface area (Å²) in [6.07, 6.45) is -1.25. The van der Waals surface area contributed by atoms with Crippen LogP contribution < -0.4 is 10.1 Å². The number of aromatic nitrogens is 5. The van der Waals surface area contributed by atoms with Crippen LogP contribution in [0.3, 0.4) is 0 Å². The van der Waals surface area contributed by atoms with Gasteiger partial charge in [-0.15, -0.1) is 0 Å². The van der Waals surface area contributed by atoms with Crippen LogP contribution in [0, 0.1) is 12.7 Å². The molecule has 3 aromatic heterocycles. The standard InChI is InChI=1S/C24H24ClF3N6O2/c1-12-10-15(32-33(12)2)13-7-8-14(21(35-3)19(13)26)29-16-11-17(25)30-23-20(16)31-24(22(27)28)34(23)18-6-4-5-9-36-18/h7-8,10-11,18,22H,4-6,9H2,1-3H3,(H,29,30). The molecule has 0 aliphatic carbocycles. The second-order valence-corrected chi connectivity index (χ2v) is 8.94. The van der Waals surface area contributed by atoms with Crippen molar-refractivity contribution in [1.82, 2.24) is 24.3 Å². The van der Waals surface area contributed by atoms with Crippen LogP contribution >= 0.6 is 11.6 Å². The third kappa shape index (κ3) is 4.26. The predicted octanol–water partition coefficient (Wildman–Crippen LogP) is 6.32. The highest BCUT2D eigenvalue weighted by Crippen LogP contribution is 2.40. The van der Waals surface area contributed by atoms with E-state index in [2.05, 4.69) is 20.4 Å². The van der Waals surface area contributed by atoms with Crippen molar-refractivity contribution >= 4 is 34.1 Å². The molecule has 0 spiro atoms. The van der Waals surface area contributed by atoms with Crippen molar-refractivity contribution < 1.29 is 22.6 Å². The predicted molar refractivity (Wildman–Crippen MR) is 130 cm³/mol. The zero-order valence-electron chi connectivity index (χ0n) is 19.9. The Balaban J connectivity index is 1.60. The number of hydrogen-bond acceptors (Lipinski definition) is 6. The van der Waals surface area contributed by atoms with Crippen molar-refractivity contribution in [1.29, 1.82) is 0 Å². The first kappa shape index (κ1) is 24.4. The van der Waals surface area contributed by atoms with Crippen molar-refractivity contribution in [3.05, 3.63) is 46.8 Å². The summed E-state index contributed by atoms with van der Waals surface area (Å²) in [6, 6.07) is 6.41. The van der Waals surface area contributed by atoms with Gasteiger partial charge in [-0.2, -0.15) is 5.10 Å². The number of benzene rings is 1. The number of hydrogen-bond donors (Lipinski definition) is 1. The summed E-state index contributed by atoms with van der Waals surface area (Å²) < 4.78 is 57.5. The van der Waals surface area contributed by atoms with Crippen LogP contribution in [0.4, 0.5) is 24.5 Å². The molecule has 12 heteroatoms. The van der Waals surface area contributed by atoms with Crippen molar-refractivity contribution in [2.75, 3.05) is 19.0 Å². The van der Waals surface area contributed by atoms with E-state index in [0.29, 0.717) is 18.7 Å². The molecular formula is C24H24ClF3N6O2. The van der Waals surface area contributed by atoms with E-state index in [0.717, 1.165) is 18.5 Å². The Morgan fingerprint density at radius 3 is 2.64 bits per heavy atom. The Hall–Kier alpha value is -3.31. The SMILES string of the molecule is COc1c(Nc2cc(Cl)nc3c2nc(C(F)F)n3C2CCCCO2)ccc(-c2cc(C)n(C)n2)c1F. The van der Waals surface area contributed by atoms with Crippen LogP contribution in [0.15, 0.2) is 24.3 Å². The van der Waals surface area contributed by atoms with Crippen molar-refractivity contribution in [2.24, 2.45) is 7.05 Å². The molecular weight excluding hydrogens is 497 g/mol. The van der Waals surface area contributed by atoms with Crippen molar-refractivity contribution in [3.8, 4) is 17.0 Å². The van der Waals surface area contributed by atoms with E-state index >= 15 is 4.39 Å². The molecule has 1 unspecified atom stereocenters. The molecule has 1 fully saturated rings. The van der Waals surface area contributed by atoms with E-state index in [1.54, 1.807) is 29.9 Å². The van der Waals surface area contributed by atoms with Crippen molar-refractivity contribution in [3.63, 3.8) is 0 Å². The third-order valence-electron chi connectivity index (χ3n) is 6.24. The molecule has 1 aliphatic heterocycles. The molecule has 1 saturated heterocycles. The van der Waals surface area contributed by atoms with Crippen molar-refractivity contribution in [2.45, 2.75) is 38.8 Å². The number of alkyl halides is 2. The highest BCUT2D eigenvalue weighted by atomic mass is 35.5. The molecule has 1 aliphatic rings. The normalized spacial score (nSPS) is 16.2. The quantitative estimate of drug-likeness (QED) is 0.300. The second-order valence-electron chi connectivity index (χ2n) is 8.55. The highest BCUT2D eigenvalue weighted by Gasteiger charge is 2.29. The average molecular weight is 521 g/mol. The first-order chi connectivity index (χ1) is 17.3. The van der Waals surface area contributed by atoms with Gasteiger partial charge in [0.1, 0.15) is 16.9 Å². The molecule has 4 heterocycles. The third-order valence-corrected chi connectivity index (χ3v) is 6.44. The number of nitrogens with zero attached hydrogens (tertiary/aromatic N) is 5. The van der Waals surface area contributed by atoms with Gasteiger partial charge in [0.2, 0.25) is 0 Å². The van der Waals surface area contributed by atoms with Gasteiger partial charge in [-0.05, 0) is 44.4 Å². The van der Waals surface area contributed by atoms with Gasteiger partial charge in [0.25, 0.3) is 6.43 Å². The Kier molecular flexibility index (Phi) is 6.52. The zero-order chi connectivity index (χ0) is 25.6. The number of imidazole rings is 1. The van der Waals surface area contributed by atoms with Gasteiger partial charge in [0, 0.05) is 31.0 Å². The van der Waals surface area contributed by atoms with Crippen LogP contribution in [0.25, 0.3) is 22.4 Å². The van der Waals surface area contributed by atoms with Gasteiger partial charge in [-0.1, -0.05) is 11.6 Å². The van der Waals surface area contributed by atoms with E-state index in [9.17, 15) is 8.78 Å². The Labute approximate surface area is 210 Å². The first-order valence-corrected chi connectivity index (χ1v) is 11.8. The number of anilines is 2. The topological polar surface area (TPSA) is 79.0 Å². The van der Waals surface area contributed by atoms with E-state index in [-0.39, 0.29) is 39.0 Å². The summed E-state index contributed by atoms with van der Waals surface area (Å²) in [5.41, 5.74) is 2.45. The minimum atomic E-state index is -2.86. The number of pyridine rings is 1. The summed E-state index contributed by atoms with van der Waals surface area (Å²) >= 11 is 6.28. The lowest BCUT2D eigenvalue weighted by atomic mass is 10.1. The lowest BCUT2D eigenvalue weighted by Gasteiger charge is -2.25. The highest BCUT2D eigenvalue weighted by molar-refractivity contribution is 6.30. The minimum absolute atomic E-state index is 0.0581. The van der Waals surface area contributed by atoms with Crippen LogP contribution in [-0.2, 0) is 11.8 Å². The van der Waals surface area contributed by atoms with Crippen LogP contribution in [-0.4, -0.2) is 38.0 Å². The molecule has 190 valence electrons. The van der Waals surface area contributed by atoms with Gasteiger partial charge in [0.05, 0.1) is 24.2 Å². The van der Waals surface area contributed by atoms with Gasteiger partial charge in [-0.25, -0.2) is 23.1 Å². The van der Waals surface area contributed by atoms with Crippen LogP contribution in [0.2, 0.25) is 5.15 Å². The first-order valence-electron chi connectivity index (χ1n) is 11.4. The number of rotatable bonds is 6. The molecule has 0 radical (unpaired) electrons. The van der Waals surface area contributed by atoms with Gasteiger partial charge < -0.3 is 14.8 Å². The number of aryl methyl sites for hydroxylation is 2. The number of ether oxygens (including phenoxy) is 2. The van der Waals surface area contributed by atoms with E-state index < -0.39 is 24.3 Å². The summed E-state index contributed by atoms with van der Waals surface area (Å²) in [5, 5.41) is 7.44. The summed E-state index contributed by atoms with van der Waals surface area (Å²) in [4.78, 5) is 8.46. The summed E-state index contributed by atoms with van der Waals surface area (Å²) in [7, 11) is 3.11. The van der Waals surface area contributed by atoms with Gasteiger partial charge in [0.15, 0.2) is 23.0 Å². The van der Waals surface area contributed by atoms with Crippen LogP contribution in [0.1, 0.15) is 43.4 Å². The zero-order valence-corrected chi connectivity index (χ0v) is 20.6. The largest absolute Gasteiger partial charge is 0.492 e. The molecule has 0 saturated carbocycles. The Morgan fingerprint density at radius 1 is 1.19 bits per heavy atom. The summed E-state index contributed by atoms with van der Waals surface area (Å²) in [6.45, 7) is 2.32. The smallest absolute Gasteiger partial charge is 0.295 e. The number of nitrogens with one attached hydrogen (secondary N) is 1. The second kappa shape index (κ2) is 9.62. The fraction of sp³-hybridized carbons (Fsp3) is 0.375. The number of methoxy groups -OCH3 is 1. The molecule has 0 bridgehead atoms. The van der Waals surface area contributed by atoms with Gasteiger partial charge >= 0.3 is 0 Å². The Morgan fingerprint density at radius 2 is 2.00 bits per heavy atom. The van der Waals surface area contributed by atoms with E-state index in [1.807, 2.05) is 6.92 Å². The fourth-order valence-electron chi connectivity index (χ4n) is 4.40. The molecule has 1 N–H and O–H groups in total. The maximum Gasteiger partial charge on any atom is 0.295 e. The lowest BCUT2D eigenvalue weighted by Crippen LogP contribution is -2.20. The fourth-order valence-corrected chi connectivity index (χ4v) is 4.59. The van der Waals surface area contributed by atoms with E-state index in [1.165, 1.54) is 17.7 Å². The van der Waals surface area contributed by atoms with Gasteiger partial charge in [-0.3, -0.25) is 9.25 Å². The summed E-state index contributed by atoms with van der Waals surface area (Å²) in [5.74, 6) is -1.15.